The zero-order valence-corrected chi connectivity index (χ0v) is 16.4. The van der Waals surface area contributed by atoms with Gasteiger partial charge in [-0.15, -0.1) is 0 Å². The highest BCUT2D eigenvalue weighted by atomic mass is 16.5. The van der Waals surface area contributed by atoms with Crippen molar-refractivity contribution in [2.75, 3.05) is 13.7 Å². The van der Waals surface area contributed by atoms with Crippen LogP contribution in [0.25, 0.3) is 6.08 Å². The molecule has 2 aromatic carbocycles. The van der Waals surface area contributed by atoms with Crippen molar-refractivity contribution >= 4 is 23.6 Å². The van der Waals surface area contributed by atoms with Crippen molar-refractivity contribution in [3.8, 4) is 5.75 Å². The number of hydrazone groups is 1. The van der Waals surface area contributed by atoms with Crippen LogP contribution in [0.1, 0.15) is 30.5 Å². The maximum Gasteiger partial charge on any atom is 0.259 e. The van der Waals surface area contributed by atoms with E-state index in [0.717, 1.165) is 17.5 Å². The molecule has 0 aliphatic heterocycles. The summed E-state index contributed by atoms with van der Waals surface area (Å²) in [7, 11) is 1.57. The van der Waals surface area contributed by atoms with Gasteiger partial charge in [-0.1, -0.05) is 49.4 Å². The molecule has 0 aliphatic rings. The van der Waals surface area contributed by atoms with Crippen LogP contribution in [-0.2, 0) is 16.0 Å². The summed E-state index contributed by atoms with van der Waals surface area (Å²) < 4.78 is 5.22. The normalized spacial score (nSPS) is 11.3. The molecule has 0 saturated carbocycles. The molecule has 0 saturated heterocycles. The molecule has 2 aromatic rings. The average molecular weight is 379 g/mol. The molecule has 0 heterocycles. The van der Waals surface area contributed by atoms with Crippen LogP contribution >= 0.6 is 0 Å². The van der Waals surface area contributed by atoms with E-state index in [-0.39, 0.29) is 12.5 Å². The van der Waals surface area contributed by atoms with E-state index >= 15 is 0 Å². The first-order valence-electron chi connectivity index (χ1n) is 9.05. The van der Waals surface area contributed by atoms with E-state index in [1.807, 2.05) is 49.4 Å². The van der Waals surface area contributed by atoms with Gasteiger partial charge < -0.3 is 10.1 Å². The molecule has 0 aromatic heterocycles. The summed E-state index contributed by atoms with van der Waals surface area (Å²) in [6.45, 7) is 3.74. The maximum atomic E-state index is 11.9. The first kappa shape index (κ1) is 20.9. The number of para-hydroxylation sites is 1. The van der Waals surface area contributed by atoms with Crippen molar-refractivity contribution in [2.45, 2.75) is 20.3 Å². The number of rotatable bonds is 8. The van der Waals surface area contributed by atoms with Crippen LogP contribution in [0, 0.1) is 0 Å². The Bertz CT molecular complexity index is 871. The van der Waals surface area contributed by atoms with Crippen LogP contribution < -0.4 is 15.5 Å². The molecule has 2 amide bonds. The highest BCUT2D eigenvalue weighted by Crippen LogP contribution is 2.18. The molecule has 6 nitrogen and oxygen atoms in total. The van der Waals surface area contributed by atoms with Gasteiger partial charge in [0.15, 0.2) is 0 Å². The van der Waals surface area contributed by atoms with E-state index in [9.17, 15) is 9.59 Å². The van der Waals surface area contributed by atoms with Crippen LogP contribution in [0.15, 0.2) is 59.7 Å². The minimum Gasteiger partial charge on any atom is -0.496 e. The number of carbonyl (C=O) groups is 2. The first-order valence-corrected chi connectivity index (χ1v) is 9.05. The van der Waals surface area contributed by atoms with Gasteiger partial charge in [-0.2, -0.15) is 5.10 Å². The number of ether oxygens (including phenoxy) is 1. The molecule has 0 atom stereocenters. The molecule has 6 heteroatoms. The number of methoxy groups -OCH3 is 1. The first-order chi connectivity index (χ1) is 13.5. The molecule has 0 unspecified atom stereocenters. The Morgan fingerprint density at radius 2 is 1.82 bits per heavy atom. The fourth-order valence-corrected chi connectivity index (χ4v) is 2.43. The number of benzene rings is 2. The third-order valence-corrected chi connectivity index (χ3v) is 4.10. The fraction of sp³-hybridized carbons (Fsp3) is 0.227. The quantitative estimate of drug-likeness (QED) is 0.420. The molecule has 2 N–H and O–H groups in total. The lowest BCUT2D eigenvalue weighted by atomic mass is 10.1. The number of hydrogen-bond donors (Lipinski definition) is 2. The Morgan fingerprint density at radius 1 is 1.11 bits per heavy atom. The molecule has 0 radical (unpaired) electrons. The summed E-state index contributed by atoms with van der Waals surface area (Å²) in [6.07, 6.45) is 3.96. The van der Waals surface area contributed by atoms with Crippen molar-refractivity contribution < 1.29 is 14.3 Å². The van der Waals surface area contributed by atoms with Crippen molar-refractivity contribution in [1.82, 2.24) is 10.7 Å². The van der Waals surface area contributed by atoms with Crippen LogP contribution in [0.4, 0.5) is 0 Å². The predicted molar refractivity (Wildman–Crippen MR) is 111 cm³/mol. The van der Waals surface area contributed by atoms with Gasteiger partial charge in [0.2, 0.25) is 5.91 Å². The largest absolute Gasteiger partial charge is 0.496 e. The van der Waals surface area contributed by atoms with Gasteiger partial charge in [0.05, 0.1) is 19.4 Å². The van der Waals surface area contributed by atoms with Gasteiger partial charge >= 0.3 is 0 Å². The summed E-state index contributed by atoms with van der Waals surface area (Å²) in [5.74, 6) is -0.110. The van der Waals surface area contributed by atoms with Crippen LogP contribution in [0.3, 0.4) is 0 Å². The molecule has 2 rings (SSSR count). The minimum absolute atomic E-state index is 0.166. The fourth-order valence-electron chi connectivity index (χ4n) is 2.43. The van der Waals surface area contributed by atoms with Crippen molar-refractivity contribution in [3.63, 3.8) is 0 Å². The van der Waals surface area contributed by atoms with E-state index in [4.69, 9.17) is 4.74 Å². The average Bonchev–Trinajstić information content (AvgIpc) is 2.74. The third kappa shape index (κ3) is 6.39. The number of hydrogen-bond acceptors (Lipinski definition) is 4. The zero-order chi connectivity index (χ0) is 20.4. The smallest absolute Gasteiger partial charge is 0.259 e. The molecule has 0 aliphatic carbocycles. The number of aryl methyl sites for hydroxylation is 1. The second-order valence-corrected chi connectivity index (χ2v) is 6.08. The SMILES string of the molecule is CCc1ccc(C(C)=NNC(=O)CNC(=O)/C=C/c2ccccc2OC)cc1. The molecule has 0 fully saturated rings. The Morgan fingerprint density at radius 3 is 2.50 bits per heavy atom. The van der Waals surface area contributed by atoms with Crippen molar-refractivity contribution in [3.05, 3.63) is 71.3 Å². The third-order valence-electron chi connectivity index (χ3n) is 4.10. The van der Waals surface area contributed by atoms with Gasteiger partial charge in [-0.3, -0.25) is 9.59 Å². The van der Waals surface area contributed by atoms with Gasteiger partial charge in [-0.05, 0) is 36.6 Å². The summed E-state index contributed by atoms with van der Waals surface area (Å²) in [5, 5.41) is 6.60. The monoisotopic (exact) mass is 379 g/mol. The molecular weight excluding hydrogens is 354 g/mol. The Kier molecular flexibility index (Phi) is 7.96. The second kappa shape index (κ2) is 10.7. The Balaban J connectivity index is 1.82. The highest BCUT2D eigenvalue weighted by molar-refractivity contribution is 5.99. The van der Waals surface area contributed by atoms with Crippen LogP contribution in [-0.4, -0.2) is 31.2 Å². The summed E-state index contributed by atoms with van der Waals surface area (Å²) in [5.41, 5.74) is 6.09. The zero-order valence-electron chi connectivity index (χ0n) is 16.4. The van der Waals surface area contributed by atoms with Crippen LogP contribution in [0.5, 0.6) is 5.75 Å². The van der Waals surface area contributed by atoms with Crippen molar-refractivity contribution in [2.24, 2.45) is 5.10 Å². The van der Waals surface area contributed by atoms with E-state index < -0.39 is 5.91 Å². The highest BCUT2D eigenvalue weighted by Gasteiger charge is 2.04. The van der Waals surface area contributed by atoms with E-state index in [2.05, 4.69) is 22.8 Å². The lowest BCUT2D eigenvalue weighted by Crippen LogP contribution is -2.34. The summed E-state index contributed by atoms with van der Waals surface area (Å²) in [4.78, 5) is 23.8. The topological polar surface area (TPSA) is 79.8 Å². The van der Waals surface area contributed by atoms with Crippen LogP contribution in [0.2, 0.25) is 0 Å². The lowest BCUT2D eigenvalue weighted by molar-refractivity contribution is -0.123. The standard InChI is InChI=1S/C22H25N3O3/c1-4-17-9-11-18(12-10-17)16(2)24-25-22(27)15-23-21(26)14-13-19-7-5-6-8-20(19)28-3/h5-14H,4,15H2,1-3H3,(H,23,26)(H,25,27)/b14-13+,24-16?. The number of nitrogens with zero attached hydrogens (tertiary/aromatic N) is 1. The molecule has 0 bridgehead atoms. The lowest BCUT2D eigenvalue weighted by Gasteiger charge is -2.05. The van der Waals surface area contributed by atoms with Gasteiger partial charge in [-0.25, -0.2) is 5.43 Å². The number of nitrogens with one attached hydrogen (secondary N) is 2. The number of amides is 2. The summed E-state index contributed by atoms with van der Waals surface area (Å²) >= 11 is 0. The van der Waals surface area contributed by atoms with Gasteiger partial charge in [0.1, 0.15) is 5.75 Å². The van der Waals surface area contributed by atoms with Gasteiger partial charge in [0.25, 0.3) is 5.91 Å². The molecular formula is C22H25N3O3. The molecule has 146 valence electrons. The molecule has 28 heavy (non-hydrogen) atoms. The summed E-state index contributed by atoms with van der Waals surface area (Å²) in [6, 6.07) is 15.3. The minimum atomic E-state index is -0.399. The van der Waals surface area contributed by atoms with E-state index in [0.29, 0.717) is 11.5 Å². The second-order valence-electron chi connectivity index (χ2n) is 6.08. The Hall–Kier alpha value is -3.41. The van der Waals surface area contributed by atoms with Crippen molar-refractivity contribution in [1.29, 1.82) is 0 Å². The van der Waals surface area contributed by atoms with E-state index in [1.54, 1.807) is 19.3 Å². The Labute approximate surface area is 165 Å². The van der Waals surface area contributed by atoms with E-state index in [1.165, 1.54) is 11.6 Å². The van der Waals surface area contributed by atoms with Gasteiger partial charge in [0, 0.05) is 11.6 Å². The molecule has 0 spiro atoms. The predicted octanol–water partition coefficient (Wildman–Crippen LogP) is 2.93. The maximum absolute atomic E-state index is 11.9. The number of carbonyl (C=O) groups excluding carboxylic acids is 2.